The van der Waals surface area contributed by atoms with Gasteiger partial charge >= 0.3 is 0 Å². The lowest BCUT2D eigenvalue weighted by atomic mass is 9.89. The predicted molar refractivity (Wildman–Crippen MR) is 74.5 cm³/mol. The minimum absolute atomic E-state index is 0.314. The Morgan fingerprint density at radius 2 is 2.29 bits per heavy atom. The maximum atomic E-state index is 5.70. The summed E-state index contributed by atoms with van der Waals surface area (Å²) in [4.78, 5) is 2.47. The molecule has 0 radical (unpaired) electrons. The second-order valence-corrected chi connectivity index (χ2v) is 4.59. The average Bonchev–Trinajstić information content (AvgIpc) is 2.33. The van der Waals surface area contributed by atoms with E-state index in [0.29, 0.717) is 12.1 Å². The van der Waals surface area contributed by atoms with Crippen molar-refractivity contribution in [1.82, 2.24) is 10.2 Å². The molecule has 0 aromatic rings. The van der Waals surface area contributed by atoms with Gasteiger partial charge in [-0.2, -0.15) is 0 Å². The first-order valence-corrected chi connectivity index (χ1v) is 6.30. The number of nitrogens with one attached hydrogen (secondary N) is 1. The minimum atomic E-state index is 0.314. The Hall–Kier alpha value is -1.22. The van der Waals surface area contributed by atoms with E-state index in [2.05, 4.69) is 30.3 Å². The number of rotatable bonds is 5. The fourth-order valence-corrected chi connectivity index (χ4v) is 2.63. The Morgan fingerprint density at radius 3 is 2.76 bits per heavy atom. The lowest BCUT2D eigenvalue weighted by Gasteiger charge is -2.43. The van der Waals surface area contributed by atoms with Crippen LogP contribution >= 0.6 is 0 Å². The first-order chi connectivity index (χ1) is 8.17. The van der Waals surface area contributed by atoms with Gasteiger partial charge < -0.3 is 11.1 Å². The van der Waals surface area contributed by atoms with Crippen molar-refractivity contribution in [3.05, 3.63) is 36.7 Å². The molecule has 96 valence electrons. The molecule has 0 saturated carbocycles. The molecule has 0 aromatic heterocycles. The van der Waals surface area contributed by atoms with Crippen molar-refractivity contribution in [3.8, 4) is 0 Å². The molecule has 1 aliphatic rings. The van der Waals surface area contributed by atoms with Crippen LogP contribution in [-0.2, 0) is 0 Å². The van der Waals surface area contributed by atoms with Gasteiger partial charge in [0, 0.05) is 31.5 Å². The fraction of sp³-hybridized carbons (Fsp3) is 0.571. The number of hydrogen-bond acceptors (Lipinski definition) is 3. The molecule has 3 nitrogen and oxygen atoms in total. The molecule has 0 amide bonds. The van der Waals surface area contributed by atoms with Crippen LogP contribution in [0.1, 0.15) is 26.2 Å². The number of nitrogens with two attached hydrogens (primary N) is 1. The summed E-state index contributed by atoms with van der Waals surface area (Å²) in [5, 5.41) is 3.19. The van der Waals surface area contributed by atoms with E-state index in [4.69, 9.17) is 5.73 Å². The summed E-state index contributed by atoms with van der Waals surface area (Å²) >= 11 is 0. The van der Waals surface area contributed by atoms with E-state index in [1.165, 1.54) is 5.57 Å². The first-order valence-electron chi connectivity index (χ1n) is 6.30. The molecule has 1 heterocycles. The Bertz CT molecular complexity index is 307. The number of nitrogens with zero attached hydrogens (tertiary/aromatic N) is 1. The van der Waals surface area contributed by atoms with Crippen molar-refractivity contribution in [2.45, 2.75) is 38.3 Å². The Kier molecular flexibility index (Phi) is 5.29. The third kappa shape index (κ3) is 3.13. The van der Waals surface area contributed by atoms with Crippen LogP contribution < -0.4 is 11.1 Å². The molecule has 0 bridgehead atoms. The van der Waals surface area contributed by atoms with Gasteiger partial charge in [-0.05, 0) is 19.3 Å². The predicted octanol–water partition coefficient (Wildman–Crippen LogP) is 1.99. The van der Waals surface area contributed by atoms with Crippen LogP contribution in [0.3, 0.4) is 0 Å². The zero-order valence-electron chi connectivity index (χ0n) is 11.1. The van der Waals surface area contributed by atoms with E-state index in [0.717, 1.165) is 31.5 Å². The zero-order chi connectivity index (χ0) is 12.8. The van der Waals surface area contributed by atoms with Crippen molar-refractivity contribution in [1.29, 1.82) is 0 Å². The van der Waals surface area contributed by atoms with Crippen LogP contribution in [0.25, 0.3) is 0 Å². The van der Waals surface area contributed by atoms with Crippen molar-refractivity contribution < 1.29 is 0 Å². The maximum absolute atomic E-state index is 5.70. The van der Waals surface area contributed by atoms with E-state index < -0.39 is 0 Å². The summed E-state index contributed by atoms with van der Waals surface area (Å²) in [5.41, 5.74) is 8.09. The van der Waals surface area contributed by atoms with E-state index in [9.17, 15) is 0 Å². The van der Waals surface area contributed by atoms with E-state index >= 15 is 0 Å². The molecule has 3 heteroatoms. The molecule has 0 unspecified atom stereocenters. The minimum Gasteiger partial charge on any atom is -0.403 e. The number of hydrogen-bond donors (Lipinski definition) is 2. The summed E-state index contributed by atoms with van der Waals surface area (Å²) < 4.78 is 0. The van der Waals surface area contributed by atoms with Gasteiger partial charge in [0.05, 0.1) is 6.04 Å². The molecule has 1 saturated heterocycles. The van der Waals surface area contributed by atoms with E-state index in [1.54, 1.807) is 6.20 Å². The van der Waals surface area contributed by atoms with Gasteiger partial charge in [-0.25, -0.2) is 0 Å². The van der Waals surface area contributed by atoms with Gasteiger partial charge in [-0.1, -0.05) is 25.2 Å². The molecule has 1 aliphatic heterocycles. The number of piperidine rings is 1. The summed E-state index contributed by atoms with van der Waals surface area (Å²) in [5.74, 6) is 0. The lowest BCUT2D eigenvalue weighted by molar-refractivity contribution is 0.136. The fourth-order valence-electron chi connectivity index (χ4n) is 2.63. The number of likely N-dealkylation sites (N-methyl/N-ethyl adjacent to an activating group) is 1. The van der Waals surface area contributed by atoms with Crippen LogP contribution in [0.2, 0.25) is 0 Å². The summed E-state index contributed by atoms with van der Waals surface area (Å²) in [7, 11) is 1.92. The molecular formula is C14H25N3. The molecule has 0 spiro atoms. The highest BCUT2D eigenvalue weighted by atomic mass is 15.2. The molecule has 0 aliphatic carbocycles. The lowest BCUT2D eigenvalue weighted by Crippen LogP contribution is -2.49. The highest BCUT2D eigenvalue weighted by Crippen LogP contribution is 2.30. The quantitative estimate of drug-likeness (QED) is 0.716. The van der Waals surface area contributed by atoms with E-state index in [1.807, 2.05) is 13.1 Å². The second-order valence-electron chi connectivity index (χ2n) is 4.59. The Morgan fingerprint density at radius 1 is 1.59 bits per heavy atom. The van der Waals surface area contributed by atoms with Gasteiger partial charge in [0.2, 0.25) is 0 Å². The zero-order valence-corrected chi connectivity index (χ0v) is 11.1. The molecule has 2 atom stereocenters. The second kappa shape index (κ2) is 6.50. The van der Waals surface area contributed by atoms with Crippen LogP contribution in [0.5, 0.6) is 0 Å². The van der Waals surface area contributed by atoms with Crippen LogP contribution in [0, 0.1) is 0 Å². The SMILES string of the molecule is C=CCN1[C@@H](CC)CC(=C)C[C@H]1/C(=C/N)NC. The summed E-state index contributed by atoms with van der Waals surface area (Å²) in [6.07, 6.45) is 6.83. The van der Waals surface area contributed by atoms with Crippen molar-refractivity contribution in [2.24, 2.45) is 5.73 Å². The first kappa shape index (κ1) is 13.8. The standard InChI is InChI=1S/C14H25N3/c1-5-7-17-12(6-2)8-11(3)9-14(17)13(10-15)16-4/h5,10,12,14,16H,1,3,6-9,15H2,2,4H3/b13-10-/t12-,14-/m0/s1. The Balaban J connectivity index is 2.95. The van der Waals surface area contributed by atoms with Crippen LogP contribution in [0.4, 0.5) is 0 Å². The molecule has 17 heavy (non-hydrogen) atoms. The molecular weight excluding hydrogens is 210 g/mol. The monoisotopic (exact) mass is 235 g/mol. The molecule has 1 rings (SSSR count). The van der Waals surface area contributed by atoms with E-state index in [-0.39, 0.29) is 0 Å². The summed E-state index contributed by atoms with van der Waals surface area (Å²) in [6, 6.07) is 0.858. The highest BCUT2D eigenvalue weighted by Gasteiger charge is 2.32. The van der Waals surface area contributed by atoms with Crippen molar-refractivity contribution in [3.63, 3.8) is 0 Å². The van der Waals surface area contributed by atoms with Gasteiger partial charge in [0.1, 0.15) is 0 Å². The molecule has 1 fully saturated rings. The topological polar surface area (TPSA) is 41.3 Å². The average molecular weight is 235 g/mol. The third-order valence-electron chi connectivity index (χ3n) is 3.51. The summed E-state index contributed by atoms with van der Waals surface area (Å²) in [6.45, 7) is 11.1. The smallest absolute Gasteiger partial charge is 0.0552 e. The van der Waals surface area contributed by atoms with Gasteiger partial charge in [0.15, 0.2) is 0 Å². The number of likely N-dealkylation sites (tertiary alicyclic amines) is 1. The van der Waals surface area contributed by atoms with Crippen molar-refractivity contribution >= 4 is 0 Å². The van der Waals surface area contributed by atoms with Gasteiger partial charge in [-0.15, -0.1) is 6.58 Å². The van der Waals surface area contributed by atoms with Gasteiger partial charge in [0.25, 0.3) is 0 Å². The van der Waals surface area contributed by atoms with Gasteiger partial charge in [-0.3, -0.25) is 4.90 Å². The highest BCUT2D eigenvalue weighted by molar-refractivity contribution is 5.18. The van der Waals surface area contributed by atoms with Crippen LogP contribution in [-0.4, -0.2) is 30.6 Å². The molecule has 0 aromatic carbocycles. The van der Waals surface area contributed by atoms with Crippen molar-refractivity contribution in [2.75, 3.05) is 13.6 Å². The maximum Gasteiger partial charge on any atom is 0.0552 e. The third-order valence-corrected chi connectivity index (χ3v) is 3.51. The normalized spacial score (nSPS) is 26.9. The Labute approximate surface area is 105 Å². The largest absolute Gasteiger partial charge is 0.403 e. The van der Waals surface area contributed by atoms with Crippen LogP contribution in [0.15, 0.2) is 36.7 Å². The molecule has 3 N–H and O–H groups in total.